The smallest absolute Gasteiger partial charge is 0.168 e. The molecule has 3 heteroatoms. The molecule has 1 heterocycles. The Bertz CT molecular complexity index is 460. The Balaban J connectivity index is 2.28. The van der Waals surface area contributed by atoms with E-state index in [2.05, 4.69) is 5.10 Å². The molecule has 0 saturated heterocycles. The second-order valence-electron chi connectivity index (χ2n) is 3.47. The van der Waals surface area contributed by atoms with Gasteiger partial charge in [0, 0.05) is 0 Å². The molecule has 15 heavy (non-hydrogen) atoms. The van der Waals surface area contributed by atoms with E-state index in [0.29, 0.717) is 12.2 Å². The van der Waals surface area contributed by atoms with Gasteiger partial charge in [0.05, 0.1) is 12.2 Å². The van der Waals surface area contributed by atoms with Crippen LogP contribution in [0.4, 0.5) is 0 Å². The summed E-state index contributed by atoms with van der Waals surface area (Å²) in [5.41, 5.74) is 2.63. The molecule has 0 spiro atoms. The molecule has 2 rings (SSSR count). The Labute approximate surface area is 88.4 Å². The normalized spacial score (nSPS) is 10.2. The lowest BCUT2D eigenvalue weighted by Gasteiger charge is -2.02. The first-order chi connectivity index (χ1) is 7.29. The van der Waals surface area contributed by atoms with Gasteiger partial charge >= 0.3 is 0 Å². The van der Waals surface area contributed by atoms with Crippen molar-refractivity contribution in [3.05, 3.63) is 53.3 Å². The van der Waals surface area contributed by atoms with Gasteiger partial charge in [-0.05, 0) is 18.6 Å². The highest BCUT2D eigenvalue weighted by molar-refractivity contribution is 5.72. The first-order valence-electron chi connectivity index (χ1n) is 4.83. The van der Waals surface area contributed by atoms with Gasteiger partial charge in [-0.2, -0.15) is 5.10 Å². The topological polar surface area (TPSA) is 34.9 Å². The van der Waals surface area contributed by atoms with E-state index in [0.717, 1.165) is 17.5 Å². The molecule has 0 aliphatic carbocycles. The molecule has 0 unspecified atom stereocenters. The van der Waals surface area contributed by atoms with E-state index in [-0.39, 0.29) is 0 Å². The van der Waals surface area contributed by atoms with Crippen LogP contribution >= 0.6 is 0 Å². The van der Waals surface area contributed by atoms with Gasteiger partial charge in [-0.25, -0.2) is 0 Å². The molecule has 1 aromatic carbocycles. The second kappa shape index (κ2) is 4.09. The Morgan fingerprint density at radius 3 is 2.73 bits per heavy atom. The second-order valence-corrected chi connectivity index (χ2v) is 3.47. The summed E-state index contributed by atoms with van der Waals surface area (Å²) in [6, 6.07) is 11.8. The fraction of sp³-hybridized carbons (Fsp3) is 0.167. The summed E-state index contributed by atoms with van der Waals surface area (Å²) in [6.07, 6.45) is 0.836. The zero-order valence-corrected chi connectivity index (χ0v) is 8.55. The lowest BCUT2D eigenvalue weighted by Crippen LogP contribution is -2.05. The molecule has 0 amide bonds. The summed E-state index contributed by atoms with van der Waals surface area (Å²) >= 11 is 0. The van der Waals surface area contributed by atoms with E-state index in [1.165, 1.54) is 0 Å². The molecule has 0 atom stereocenters. The van der Waals surface area contributed by atoms with Crippen LogP contribution in [-0.2, 0) is 6.54 Å². The molecule has 0 aliphatic rings. The zero-order chi connectivity index (χ0) is 10.7. The van der Waals surface area contributed by atoms with Crippen LogP contribution in [0.25, 0.3) is 0 Å². The zero-order valence-electron chi connectivity index (χ0n) is 8.55. The molecule has 3 nitrogen and oxygen atoms in total. The highest BCUT2D eigenvalue weighted by Gasteiger charge is 2.04. The standard InChI is InChI=1S/C12H12N2O/c1-10-7-12(9-15)14(13-10)8-11-5-3-2-4-6-11/h2-7,9H,8H2,1H3. The summed E-state index contributed by atoms with van der Waals surface area (Å²) in [5.74, 6) is 0. The maximum Gasteiger partial charge on any atom is 0.168 e. The molecular formula is C12H12N2O. The van der Waals surface area contributed by atoms with Crippen LogP contribution in [-0.4, -0.2) is 16.1 Å². The van der Waals surface area contributed by atoms with Crippen molar-refractivity contribution in [2.24, 2.45) is 0 Å². The number of hydrogen-bond acceptors (Lipinski definition) is 2. The highest BCUT2D eigenvalue weighted by atomic mass is 16.1. The summed E-state index contributed by atoms with van der Waals surface area (Å²) in [4.78, 5) is 10.8. The highest BCUT2D eigenvalue weighted by Crippen LogP contribution is 2.06. The van der Waals surface area contributed by atoms with Gasteiger partial charge in [-0.1, -0.05) is 30.3 Å². The number of aldehydes is 1. The predicted octanol–water partition coefficient (Wildman–Crippen LogP) is 2.05. The SMILES string of the molecule is Cc1cc(C=O)n(Cc2ccccc2)n1. The Hall–Kier alpha value is -1.90. The maximum absolute atomic E-state index is 10.8. The number of hydrogen-bond donors (Lipinski definition) is 0. The molecule has 1 aromatic heterocycles. The average molecular weight is 200 g/mol. The van der Waals surface area contributed by atoms with Crippen LogP contribution < -0.4 is 0 Å². The molecule has 0 radical (unpaired) electrons. The van der Waals surface area contributed by atoms with Gasteiger partial charge in [-0.15, -0.1) is 0 Å². The number of carbonyl (C=O) groups is 1. The average Bonchev–Trinajstić information content (AvgIpc) is 2.60. The Kier molecular flexibility index (Phi) is 2.63. The van der Waals surface area contributed by atoms with E-state index in [9.17, 15) is 4.79 Å². The van der Waals surface area contributed by atoms with Gasteiger partial charge in [0.25, 0.3) is 0 Å². The van der Waals surface area contributed by atoms with Gasteiger partial charge in [0.1, 0.15) is 5.69 Å². The lowest BCUT2D eigenvalue weighted by atomic mass is 10.2. The minimum Gasteiger partial charge on any atom is -0.296 e. The van der Waals surface area contributed by atoms with E-state index in [1.54, 1.807) is 10.7 Å². The molecule has 0 fully saturated rings. The van der Waals surface area contributed by atoms with Crippen molar-refractivity contribution in [1.29, 1.82) is 0 Å². The lowest BCUT2D eigenvalue weighted by molar-refractivity contribution is 0.111. The third-order valence-corrected chi connectivity index (χ3v) is 2.23. The number of nitrogens with zero attached hydrogens (tertiary/aromatic N) is 2. The Morgan fingerprint density at radius 1 is 1.33 bits per heavy atom. The number of aromatic nitrogens is 2. The summed E-state index contributed by atoms with van der Waals surface area (Å²) < 4.78 is 1.72. The molecule has 0 bridgehead atoms. The molecule has 2 aromatic rings. The van der Waals surface area contributed by atoms with E-state index < -0.39 is 0 Å². The molecule has 0 aliphatic heterocycles. The van der Waals surface area contributed by atoms with Crippen molar-refractivity contribution in [3.8, 4) is 0 Å². The van der Waals surface area contributed by atoms with Crippen LogP contribution in [0.3, 0.4) is 0 Å². The molecule has 0 saturated carbocycles. The third-order valence-electron chi connectivity index (χ3n) is 2.23. The predicted molar refractivity (Wildman–Crippen MR) is 57.9 cm³/mol. The molecular weight excluding hydrogens is 188 g/mol. The quantitative estimate of drug-likeness (QED) is 0.711. The van der Waals surface area contributed by atoms with Crippen molar-refractivity contribution in [1.82, 2.24) is 9.78 Å². The van der Waals surface area contributed by atoms with Gasteiger partial charge in [0.2, 0.25) is 0 Å². The summed E-state index contributed by atoms with van der Waals surface area (Å²) in [7, 11) is 0. The molecule has 76 valence electrons. The summed E-state index contributed by atoms with van der Waals surface area (Å²) in [6.45, 7) is 2.53. The number of rotatable bonds is 3. The monoisotopic (exact) mass is 200 g/mol. The van der Waals surface area contributed by atoms with Crippen molar-refractivity contribution < 1.29 is 4.79 Å². The minimum atomic E-state index is 0.622. The largest absolute Gasteiger partial charge is 0.296 e. The van der Waals surface area contributed by atoms with Crippen LogP contribution in [0.2, 0.25) is 0 Å². The number of benzene rings is 1. The van der Waals surface area contributed by atoms with E-state index >= 15 is 0 Å². The molecule has 0 N–H and O–H groups in total. The van der Waals surface area contributed by atoms with Gasteiger partial charge < -0.3 is 0 Å². The van der Waals surface area contributed by atoms with Gasteiger partial charge in [0.15, 0.2) is 6.29 Å². The fourth-order valence-electron chi connectivity index (χ4n) is 1.54. The van der Waals surface area contributed by atoms with Crippen LogP contribution in [0, 0.1) is 6.92 Å². The first kappa shape index (κ1) is 9.65. The maximum atomic E-state index is 10.8. The van der Waals surface area contributed by atoms with Crippen LogP contribution in [0.5, 0.6) is 0 Å². The third kappa shape index (κ3) is 2.13. The number of carbonyl (C=O) groups excluding carboxylic acids is 1. The van der Waals surface area contributed by atoms with Crippen LogP contribution in [0.1, 0.15) is 21.7 Å². The Morgan fingerprint density at radius 2 is 2.07 bits per heavy atom. The fourth-order valence-corrected chi connectivity index (χ4v) is 1.54. The van der Waals surface area contributed by atoms with Crippen molar-refractivity contribution in [3.63, 3.8) is 0 Å². The van der Waals surface area contributed by atoms with Crippen molar-refractivity contribution in [2.75, 3.05) is 0 Å². The van der Waals surface area contributed by atoms with Crippen LogP contribution in [0.15, 0.2) is 36.4 Å². The first-order valence-corrected chi connectivity index (χ1v) is 4.83. The van der Waals surface area contributed by atoms with Crippen molar-refractivity contribution in [2.45, 2.75) is 13.5 Å². The van der Waals surface area contributed by atoms with Gasteiger partial charge in [-0.3, -0.25) is 9.48 Å². The van der Waals surface area contributed by atoms with Crippen molar-refractivity contribution >= 4 is 6.29 Å². The van der Waals surface area contributed by atoms with E-state index in [4.69, 9.17) is 0 Å². The summed E-state index contributed by atoms with van der Waals surface area (Å²) in [5, 5.41) is 4.26. The minimum absolute atomic E-state index is 0.622. The van der Waals surface area contributed by atoms with E-state index in [1.807, 2.05) is 37.3 Å². The number of aryl methyl sites for hydroxylation is 1.